The van der Waals surface area contributed by atoms with Gasteiger partial charge in [-0.15, -0.1) is 11.3 Å². The molecule has 0 saturated carbocycles. The van der Waals surface area contributed by atoms with Crippen molar-refractivity contribution in [2.45, 2.75) is 50.6 Å². The second-order valence-corrected chi connectivity index (χ2v) is 8.58. The highest BCUT2D eigenvalue weighted by Crippen LogP contribution is 2.35. The van der Waals surface area contributed by atoms with Crippen LogP contribution in [0.25, 0.3) is 0 Å². The predicted molar refractivity (Wildman–Crippen MR) is 102 cm³/mol. The lowest BCUT2D eigenvalue weighted by Gasteiger charge is -2.33. The van der Waals surface area contributed by atoms with Crippen LogP contribution in [0.3, 0.4) is 0 Å². The molecule has 11 heteroatoms. The number of aliphatic carboxylic acids is 1. The van der Waals surface area contributed by atoms with E-state index >= 15 is 0 Å². The van der Waals surface area contributed by atoms with Crippen LogP contribution >= 0.6 is 11.3 Å². The summed E-state index contributed by atoms with van der Waals surface area (Å²) in [5.74, 6) is -2.20. The maximum atomic E-state index is 12.5. The molecule has 0 spiro atoms. The minimum atomic E-state index is -5.08. The molecule has 0 aromatic carbocycles. The third-order valence-electron chi connectivity index (χ3n) is 5.36. The van der Waals surface area contributed by atoms with E-state index < -0.39 is 12.1 Å². The Balaban J connectivity index is 0.000000318. The van der Waals surface area contributed by atoms with Crippen LogP contribution in [-0.2, 0) is 25.7 Å². The van der Waals surface area contributed by atoms with Gasteiger partial charge in [-0.05, 0) is 49.6 Å². The summed E-state index contributed by atoms with van der Waals surface area (Å²) in [5.41, 5.74) is 0. The van der Waals surface area contributed by atoms with Crippen LogP contribution in [-0.4, -0.2) is 71.6 Å². The van der Waals surface area contributed by atoms with E-state index in [1.54, 1.807) is 11.3 Å². The molecular weight excluding hydrogens is 425 g/mol. The Bertz CT molecular complexity index is 710. The number of carbonyl (C=O) groups is 2. The van der Waals surface area contributed by atoms with Crippen LogP contribution in [0, 0.1) is 5.92 Å². The zero-order chi connectivity index (χ0) is 21.7. The van der Waals surface area contributed by atoms with Gasteiger partial charge in [-0.1, -0.05) is 6.07 Å². The third-order valence-corrected chi connectivity index (χ3v) is 6.22. The van der Waals surface area contributed by atoms with E-state index in [0.29, 0.717) is 19.1 Å². The lowest BCUT2D eigenvalue weighted by atomic mass is 9.91. The summed E-state index contributed by atoms with van der Waals surface area (Å²) in [4.78, 5) is 30.8. The standard InChI is InChI=1S/C17H24N2O3S.C2HF3O2/c20-17(19-6-1-2-8-21-19)15-10-13-5-7-18(12-16(13)22-15)11-14-4-3-9-23-14;3-2(4,5)1(6)7/h3-4,9,13,15-16H,1-2,5-8,10-12H2;(H,6,7)/t13-,15+,16+;/m0./s1. The van der Waals surface area contributed by atoms with E-state index in [-0.39, 0.29) is 18.1 Å². The van der Waals surface area contributed by atoms with Crippen molar-refractivity contribution in [1.82, 2.24) is 9.96 Å². The average Bonchev–Trinajstić information content (AvgIpc) is 3.37. The number of fused-ring (bicyclic) bond motifs is 1. The Hall–Kier alpha value is -1.69. The number of halogens is 3. The number of ether oxygens (including phenoxy) is 1. The highest BCUT2D eigenvalue weighted by molar-refractivity contribution is 7.09. The van der Waals surface area contributed by atoms with Gasteiger partial charge in [0.1, 0.15) is 6.10 Å². The van der Waals surface area contributed by atoms with Crippen molar-refractivity contribution < 1.29 is 37.4 Å². The number of alkyl halides is 3. The summed E-state index contributed by atoms with van der Waals surface area (Å²) in [6.07, 6.45) is -1.14. The Morgan fingerprint density at radius 3 is 2.63 bits per heavy atom. The molecule has 7 nitrogen and oxygen atoms in total. The highest BCUT2D eigenvalue weighted by atomic mass is 32.1. The van der Waals surface area contributed by atoms with Crippen molar-refractivity contribution in [2.75, 3.05) is 26.2 Å². The molecule has 1 amide bonds. The van der Waals surface area contributed by atoms with Crippen LogP contribution in [0.15, 0.2) is 17.5 Å². The first kappa shape index (κ1) is 23.0. The first-order chi connectivity index (χ1) is 14.2. The predicted octanol–water partition coefficient (Wildman–Crippen LogP) is 2.91. The molecule has 168 valence electrons. The van der Waals surface area contributed by atoms with Crippen molar-refractivity contribution in [1.29, 1.82) is 0 Å². The van der Waals surface area contributed by atoms with Gasteiger partial charge in [-0.3, -0.25) is 14.5 Å². The summed E-state index contributed by atoms with van der Waals surface area (Å²) >= 11 is 1.81. The first-order valence-corrected chi connectivity index (χ1v) is 10.8. The molecule has 3 saturated heterocycles. The van der Waals surface area contributed by atoms with E-state index in [0.717, 1.165) is 45.3 Å². The van der Waals surface area contributed by atoms with Gasteiger partial charge in [0, 0.05) is 24.5 Å². The quantitative estimate of drug-likeness (QED) is 0.763. The molecule has 1 aromatic rings. The molecule has 3 fully saturated rings. The molecular formula is C19H25F3N2O5S. The van der Waals surface area contributed by atoms with Crippen LogP contribution in [0.5, 0.6) is 0 Å². The van der Waals surface area contributed by atoms with Gasteiger partial charge >= 0.3 is 12.1 Å². The number of hydrogen-bond acceptors (Lipinski definition) is 6. The van der Waals surface area contributed by atoms with E-state index in [9.17, 15) is 18.0 Å². The van der Waals surface area contributed by atoms with Gasteiger partial charge in [-0.2, -0.15) is 13.2 Å². The molecule has 4 rings (SSSR count). The zero-order valence-electron chi connectivity index (χ0n) is 16.3. The van der Waals surface area contributed by atoms with Crippen molar-refractivity contribution in [3.63, 3.8) is 0 Å². The molecule has 0 unspecified atom stereocenters. The first-order valence-electron chi connectivity index (χ1n) is 9.88. The lowest BCUT2D eigenvalue weighted by Crippen LogP contribution is -2.43. The number of hydroxylamine groups is 2. The molecule has 3 atom stereocenters. The average molecular weight is 450 g/mol. The number of likely N-dealkylation sites (tertiary alicyclic amines) is 1. The molecule has 0 aliphatic carbocycles. The number of thiophene rings is 1. The number of piperidine rings is 1. The molecule has 1 N–H and O–H groups in total. The largest absolute Gasteiger partial charge is 0.490 e. The summed E-state index contributed by atoms with van der Waals surface area (Å²) in [7, 11) is 0. The van der Waals surface area contributed by atoms with Gasteiger partial charge in [-0.25, -0.2) is 9.86 Å². The second-order valence-electron chi connectivity index (χ2n) is 7.55. The smallest absolute Gasteiger partial charge is 0.475 e. The van der Waals surface area contributed by atoms with Gasteiger partial charge in [0.05, 0.1) is 12.7 Å². The van der Waals surface area contributed by atoms with Crippen molar-refractivity contribution in [2.24, 2.45) is 5.92 Å². The molecule has 3 aliphatic rings. The highest BCUT2D eigenvalue weighted by Gasteiger charge is 2.43. The molecule has 0 radical (unpaired) electrons. The molecule has 1 aromatic heterocycles. The van der Waals surface area contributed by atoms with Crippen LogP contribution in [0.1, 0.15) is 30.6 Å². The lowest BCUT2D eigenvalue weighted by molar-refractivity contribution is -0.206. The minimum absolute atomic E-state index is 0.0314. The Labute approximate surface area is 176 Å². The topological polar surface area (TPSA) is 79.3 Å². The summed E-state index contributed by atoms with van der Waals surface area (Å²) in [6, 6.07) is 4.29. The summed E-state index contributed by atoms with van der Waals surface area (Å²) in [6.45, 7) is 4.40. The number of carboxylic acid groups (broad SMARTS) is 1. The van der Waals surface area contributed by atoms with Crippen LogP contribution in [0.2, 0.25) is 0 Å². The molecule has 3 aliphatic heterocycles. The second kappa shape index (κ2) is 10.1. The summed E-state index contributed by atoms with van der Waals surface area (Å²) < 4.78 is 37.9. The molecule has 30 heavy (non-hydrogen) atoms. The number of amides is 1. The maximum absolute atomic E-state index is 12.5. The molecule has 4 heterocycles. The zero-order valence-corrected chi connectivity index (χ0v) is 17.2. The third kappa shape index (κ3) is 6.16. The van der Waals surface area contributed by atoms with E-state index in [1.165, 1.54) is 9.94 Å². The van der Waals surface area contributed by atoms with Crippen molar-refractivity contribution in [3.8, 4) is 0 Å². The Morgan fingerprint density at radius 1 is 1.27 bits per heavy atom. The van der Waals surface area contributed by atoms with Gasteiger partial charge < -0.3 is 9.84 Å². The maximum Gasteiger partial charge on any atom is 0.490 e. The number of carboxylic acids is 1. The summed E-state index contributed by atoms with van der Waals surface area (Å²) in [5, 5.41) is 10.8. The Morgan fingerprint density at radius 2 is 2.03 bits per heavy atom. The molecule has 0 bridgehead atoms. The van der Waals surface area contributed by atoms with Gasteiger partial charge in [0.2, 0.25) is 0 Å². The van der Waals surface area contributed by atoms with Crippen LogP contribution in [0.4, 0.5) is 13.2 Å². The minimum Gasteiger partial charge on any atom is -0.475 e. The van der Waals surface area contributed by atoms with E-state index in [4.69, 9.17) is 19.5 Å². The Kier molecular flexibility index (Phi) is 7.72. The van der Waals surface area contributed by atoms with Crippen molar-refractivity contribution >= 4 is 23.2 Å². The normalized spacial score (nSPS) is 27.2. The number of carbonyl (C=O) groups excluding carboxylic acids is 1. The van der Waals surface area contributed by atoms with Crippen molar-refractivity contribution in [3.05, 3.63) is 22.4 Å². The SMILES string of the molecule is O=C(O)C(F)(F)F.O=C([C@H]1C[C@@H]2CCN(Cc3cccs3)C[C@H]2O1)N1CCCCO1. The van der Waals surface area contributed by atoms with E-state index in [1.807, 2.05) is 0 Å². The fourth-order valence-corrected chi connectivity index (χ4v) is 4.60. The number of hydrogen-bond donors (Lipinski definition) is 1. The number of nitrogens with zero attached hydrogens (tertiary/aromatic N) is 2. The van der Waals surface area contributed by atoms with E-state index in [2.05, 4.69) is 22.4 Å². The van der Waals surface area contributed by atoms with Gasteiger partial charge in [0.15, 0.2) is 0 Å². The fourth-order valence-electron chi connectivity index (χ4n) is 3.85. The van der Waals surface area contributed by atoms with Gasteiger partial charge in [0.25, 0.3) is 5.91 Å². The number of rotatable bonds is 3. The fraction of sp³-hybridized carbons (Fsp3) is 0.684. The van der Waals surface area contributed by atoms with Crippen LogP contribution < -0.4 is 0 Å². The monoisotopic (exact) mass is 450 g/mol.